The van der Waals surface area contributed by atoms with E-state index in [1.807, 2.05) is 6.07 Å². The molecule has 0 saturated carbocycles. The second-order valence-electron chi connectivity index (χ2n) is 1.71. The lowest BCUT2D eigenvalue weighted by molar-refractivity contribution is 0.470. The van der Waals surface area contributed by atoms with E-state index in [2.05, 4.69) is 17.2 Å². The van der Waals surface area contributed by atoms with Gasteiger partial charge in [0.25, 0.3) is 0 Å². The Hall–Kier alpha value is -1.34. The summed E-state index contributed by atoms with van der Waals surface area (Å²) < 4.78 is 0.249. The SMILES string of the molecule is N#Cc1c[nH]c(=S)c(O)c1. The van der Waals surface area contributed by atoms with Crippen LogP contribution in [-0.4, -0.2) is 10.1 Å². The number of aromatic nitrogens is 1. The van der Waals surface area contributed by atoms with Crippen molar-refractivity contribution in [3.05, 3.63) is 22.5 Å². The largest absolute Gasteiger partial charge is 0.505 e. The van der Waals surface area contributed by atoms with Crippen LogP contribution >= 0.6 is 12.2 Å². The predicted molar refractivity (Wildman–Crippen MR) is 38.0 cm³/mol. The van der Waals surface area contributed by atoms with E-state index in [9.17, 15) is 0 Å². The molecule has 0 atom stereocenters. The molecule has 0 radical (unpaired) electrons. The number of aromatic hydroxyl groups is 1. The first kappa shape index (κ1) is 6.78. The molecule has 0 fully saturated rings. The van der Waals surface area contributed by atoms with E-state index in [1.54, 1.807) is 0 Å². The van der Waals surface area contributed by atoms with E-state index >= 15 is 0 Å². The van der Waals surface area contributed by atoms with Crippen LogP contribution in [0.2, 0.25) is 0 Å². The molecule has 4 heteroatoms. The fourth-order valence-electron chi connectivity index (χ4n) is 0.536. The molecule has 1 rings (SSSR count). The number of hydrogen-bond acceptors (Lipinski definition) is 3. The third kappa shape index (κ3) is 1.14. The van der Waals surface area contributed by atoms with Crippen LogP contribution < -0.4 is 0 Å². The van der Waals surface area contributed by atoms with Gasteiger partial charge in [-0.15, -0.1) is 0 Å². The van der Waals surface area contributed by atoms with Gasteiger partial charge >= 0.3 is 0 Å². The molecule has 0 aliphatic carbocycles. The van der Waals surface area contributed by atoms with E-state index in [4.69, 9.17) is 10.4 Å². The highest BCUT2D eigenvalue weighted by Gasteiger charge is 1.92. The Kier molecular flexibility index (Phi) is 1.69. The molecule has 0 amide bonds. The number of pyridine rings is 1. The molecule has 0 aliphatic rings. The van der Waals surface area contributed by atoms with Crippen LogP contribution in [0.5, 0.6) is 5.75 Å². The van der Waals surface area contributed by atoms with Gasteiger partial charge in [-0.2, -0.15) is 5.26 Å². The van der Waals surface area contributed by atoms with E-state index in [-0.39, 0.29) is 10.4 Å². The average Bonchev–Trinajstić information content (AvgIpc) is 1.95. The first-order valence-corrected chi connectivity index (χ1v) is 2.96. The molecule has 10 heavy (non-hydrogen) atoms. The molecule has 3 nitrogen and oxygen atoms in total. The molecule has 0 bridgehead atoms. The molecule has 50 valence electrons. The van der Waals surface area contributed by atoms with Crippen molar-refractivity contribution >= 4 is 12.2 Å². The van der Waals surface area contributed by atoms with Crippen LogP contribution in [0.4, 0.5) is 0 Å². The Balaban J connectivity index is 3.34. The van der Waals surface area contributed by atoms with Gasteiger partial charge < -0.3 is 10.1 Å². The summed E-state index contributed by atoms with van der Waals surface area (Å²) in [5.74, 6) is -0.0611. The van der Waals surface area contributed by atoms with Crippen molar-refractivity contribution in [2.75, 3.05) is 0 Å². The minimum absolute atomic E-state index is 0.0611. The van der Waals surface area contributed by atoms with Gasteiger partial charge in [0, 0.05) is 12.3 Å². The van der Waals surface area contributed by atoms with Gasteiger partial charge in [0.05, 0.1) is 5.56 Å². The predicted octanol–water partition coefficient (Wildman–Crippen LogP) is 1.32. The summed E-state index contributed by atoms with van der Waals surface area (Å²) in [6, 6.07) is 3.18. The second kappa shape index (κ2) is 2.50. The van der Waals surface area contributed by atoms with Crippen LogP contribution in [0.3, 0.4) is 0 Å². The lowest BCUT2D eigenvalue weighted by atomic mass is 10.3. The summed E-state index contributed by atoms with van der Waals surface area (Å²) >= 11 is 4.65. The van der Waals surface area contributed by atoms with Gasteiger partial charge in [-0.1, -0.05) is 12.2 Å². The first-order valence-electron chi connectivity index (χ1n) is 2.56. The smallest absolute Gasteiger partial charge is 0.151 e. The lowest BCUT2D eigenvalue weighted by Gasteiger charge is -1.90. The molecule has 1 aromatic rings. The van der Waals surface area contributed by atoms with Crippen molar-refractivity contribution in [1.82, 2.24) is 4.98 Å². The molecule has 1 heterocycles. The van der Waals surface area contributed by atoms with Crippen LogP contribution in [-0.2, 0) is 0 Å². The summed E-state index contributed by atoms with van der Waals surface area (Å²) in [4.78, 5) is 2.56. The van der Waals surface area contributed by atoms with Gasteiger partial charge in [-0.05, 0) is 0 Å². The van der Waals surface area contributed by atoms with E-state index in [0.717, 1.165) is 0 Å². The third-order valence-electron chi connectivity index (χ3n) is 1.01. The highest BCUT2D eigenvalue weighted by molar-refractivity contribution is 7.71. The fourth-order valence-corrected chi connectivity index (χ4v) is 0.654. The third-order valence-corrected chi connectivity index (χ3v) is 1.34. The van der Waals surface area contributed by atoms with E-state index in [1.165, 1.54) is 12.3 Å². The number of nitriles is 1. The molecule has 0 aromatic carbocycles. The Morgan fingerprint density at radius 1 is 1.70 bits per heavy atom. The average molecular weight is 152 g/mol. The molecule has 0 spiro atoms. The Bertz CT molecular complexity index is 336. The normalized spacial score (nSPS) is 8.70. The van der Waals surface area contributed by atoms with Crippen molar-refractivity contribution in [1.29, 1.82) is 5.26 Å². The zero-order valence-corrected chi connectivity index (χ0v) is 5.77. The second-order valence-corrected chi connectivity index (χ2v) is 2.12. The molecular formula is C6H4N2OS. The van der Waals surface area contributed by atoms with E-state index < -0.39 is 0 Å². The fraction of sp³-hybridized carbons (Fsp3) is 0. The number of H-pyrrole nitrogens is 1. The Morgan fingerprint density at radius 2 is 2.40 bits per heavy atom. The molecule has 0 saturated heterocycles. The van der Waals surface area contributed by atoms with Gasteiger partial charge in [-0.25, -0.2) is 0 Å². The topological polar surface area (TPSA) is 59.8 Å². The monoisotopic (exact) mass is 152 g/mol. The van der Waals surface area contributed by atoms with E-state index in [0.29, 0.717) is 5.56 Å². The maximum absolute atomic E-state index is 8.94. The quantitative estimate of drug-likeness (QED) is 0.551. The van der Waals surface area contributed by atoms with Crippen molar-refractivity contribution in [2.24, 2.45) is 0 Å². The van der Waals surface area contributed by atoms with Crippen molar-refractivity contribution in [2.45, 2.75) is 0 Å². The van der Waals surface area contributed by atoms with Crippen molar-refractivity contribution in [3.8, 4) is 11.8 Å². The maximum Gasteiger partial charge on any atom is 0.151 e. The van der Waals surface area contributed by atoms with Crippen LogP contribution in [0.15, 0.2) is 12.3 Å². The summed E-state index contributed by atoms with van der Waals surface area (Å²) in [7, 11) is 0. The van der Waals surface area contributed by atoms with Gasteiger partial charge in [0.1, 0.15) is 10.7 Å². The lowest BCUT2D eigenvalue weighted by Crippen LogP contribution is -1.78. The number of aromatic amines is 1. The summed E-state index contributed by atoms with van der Waals surface area (Å²) in [5.41, 5.74) is 0.367. The van der Waals surface area contributed by atoms with Gasteiger partial charge in [0.2, 0.25) is 0 Å². The summed E-state index contributed by atoms with van der Waals surface area (Å²) in [6.45, 7) is 0. The van der Waals surface area contributed by atoms with Gasteiger partial charge in [0.15, 0.2) is 5.75 Å². The first-order chi connectivity index (χ1) is 4.74. The number of nitrogens with zero attached hydrogens (tertiary/aromatic N) is 1. The summed E-state index contributed by atoms with van der Waals surface area (Å²) in [6.07, 6.45) is 1.45. The number of nitrogens with one attached hydrogen (secondary N) is 1. The zero-order chi connectivity index (χ0) is 7.56. The van der Waals surface area contributed by atoms with Crippen LogP contribution in [0, 0.1) is 16.0 Å². The number of rotatable bonds is 0. The summed E-state index contributed by atoms with van der Waals surface area (Å²) in [5, 5.41) is 17.3. The number of hydrogen-bond donors (Lipinski definition) is 2. The molecule has 2 N–H and O–H groups in total. The van der Waals surface area contributed by atoms with Gasteiger partial charge in [-0.3, -0.25) is 0 Å². The maximum atomic E-state index is 8.94. The van der Waals surface area contributed by atoms with Crippen LogP contribution in [0.25, 0.3) is 0 Å². The highest BCUT2D eigenvalue weighted by atomic mass is 32.1. The van der Waals surface area contributed by atoms with Crippen LogP contribution in [0.1, 0.15) is 5.56 Å². The minimum atomic E-state index is -0.0611. The molecule has 0 unspecified atom stereocenters. The highest BCUT2D eigenvalue weighted by Crippen LogP contribution is 2.09. The minimum Gasteiger partial charge on any atom is -0.505 e. The Labute approximate surface area is 62.6 Å². The molecular weight excluding hydrogens is 148 g/mol. The molecule has 1 aromatic heterocycles. The zero-order valence-electron chi connectivity index (χ0n) is 4.96. The van der Waals surface area contributed by atoms with Crippen molar-refractivity contribution < 1.29 is 5.11 Å². The standard InChI is InChI=1S/C6H4N2OS/c7-2-4-1-5(9)6(10)8-3-4/h1,3,9H,(H,8,10). The van der Waals surface area contributed by atoms with Crippen molar-refractivity contribution in [3.63, 3.8) is 0 Å². The molecule has 0 aliphatic heterocycles. The Morgan fingerprint density at radius 3 is 2.90 bits per heavy atom.